The number of fused-ring (bicyclic) bond motifs is 1. The number of aromatic hydroxyl groups is 1. The number of carbonyl (C=O) groups excluding carboxylic acids is 1. The molecule has 2 aromatic heterocycles. The van der Waals surface area contributed by atoms with E-state index < -0.39 is 17.6 Å². The zero-order chi connectivity index (χ0) is 22.9. The third-order valence-electron chi connectivity index (χ3n) is 4.51. The number of halogens is 3. The van der Waals surface area contributed by atoms with Crippen LogP contribution in [-0.4, -0.2) is 16.0 Å². The fourth-order valence-electron chi connectivity index (χ4n) is 3.02. The molecule has 2 N–H and O–H groups in total. The van der Waals surface area contributed by atoms with Crippen LogP contribution in [0, 0.1) is 6.92 Å². The predicted octanol–water partition coefficient (Wildman–Crippen LogP) is 5.35. The molecule has 2 aromatic carbocycles. The Bertz CT molecular complexity index is 1390. The van der Waals surface area contributed by atoms with Crippen molar-refractivity contribution in [2.24, 2.45) is 4.99 Å². The van der Waals surface area contributed by atoms with Crippen molar-refractivity contribution >= 4 is 28.4 Å². The Balaban J connectivity index is 1.86. The number of pyridine rings is 1. The van der Waals surface area contributed by atoms with Crippen molar-refractivity contribution in [3.63, 3.8) is 0 Å². The molecule has 1 amide bonds. The molecule has 0 aliphatic heterocycles. The standard InChI is InChI=1S/C23H16F3N3O3/c1-13-4-2-7-20(27-13)29-21(31)18-10-14-8-9-17(30)12-19(14)32-22(18)28-16-6-3-5-15(11-16)23(24,25)26/h2-12,30H,1H3,(H,27,29,31). The number of carbonyl (C=O) groups is 1. The molecule has 0 unspecified atom stereocenters. The maximum atomic E-state index is 13.1. The largest absolute Gasteiger partial charge is 0.508 e. The van der Waals surface area contributed by atoms with Crippen LogP contribution in [0.1, 0.15) is 21.6 Å². The molecule has 0 spiro atoms. The van der Waals surface area contributed by atoms with Gasteiger partial charge in [0, 0.05) is 17.1 Å². The highest BCUT2D eigenvalue weighted by Crippen LogP contribution is 2.31. The quantitative estimate of drug-likeness (QED) is 0.451. The lowest BCUT2D eigenvalue weighted by Gasteiger charge is -2.08. The Morgan fingerprint density at radius 2 is 1.84 bits per heavy atom. The maximum Gasteiger partial charge on any atom is 0.416 e. The van der Waals surface area contributed by atoms with Crippen LogP contribution in [0.5, 0.6) is 5.75 Å². The zero-order valence-electron chi connectivity index (χ0n) is 16.6. The van der Waals surface area contributed by atoms with E-state index in [0.717, 1.165) is 12.1 Å². The van der Waals surface area contributed by atoms with Gasteiger partial charge in [0.25, 0.3) is 5.91 Å². The molecule has 4 rings (SSSR count). The smallest absolute Gasteiger partial charge is 0.416 e. The Hall–Kier alpha value is -4.14. The van der Waals surface area contributed by atoms with E-state index in [9.17, 15) is 23.1 Å². The molecule has 6 nitrogen and oxygen atoms in total. The van der Waals surface area contributed by atoms with Gasteiger partial charge in [-0.3, -0.25) is 4.79 Å². The van der Waals surface area contributed by atoms with Crippen LogP contribution >= 0.6 is 0 Å². The third kappa shape index (κ3) is 4.61. The predicted molar refractivity (Wildman–Crippen MR) is 111 cm³/mol. The molecule has 0 bridgehead atoms. The molecule has 0 saturated carbocycles. The average molecular weight is 439 g/mol. The first kappa shape index (κ1) is 21.1. The molecule has 0 fully saturated rings. The van der Waals surface area contributed by atoms with E-state index in [2.05, 4.69) is 15.3 Å². The summed E-state index contributed by atoms with van der Waals surface area (Å²) in [5.41, 5.74) is -0.259. The summed E-state index contributed by atoms with van der Waals surface area (Å²) in [6, 6.07) is 15.2. The van der Waals surface area contributed by atoms with Gasteiger partial charge in [-0.15, -0.1) is 0 Å². The molecule has 2 heterocycles. The second kappa shape index (κ2) is 8.18. The van der Waals surface area contributed by atoms with Crippen LogP contribution in [0.15, 0.2) is 76.1 Å². The van der Waals surface area contributed by atoms with Crippen LogP contribution in [0.25, 0.3) is 11.0 Å². The SMILES string of the molecule is Cc1cccc(NC(=O)c2cc3ccc(O)cc3oc2=Nc2cccc(C(F)(F)F)c2)n1. The summed E-state index contributed by atoms with van der Waals surface area (Å²) < 4.78 is 44.9. The Labute approximate surface area is 179 Å². The third-order valence-corrected chi connectivity index (χ3v) is 4.51. The summed E-state index contributed by atoms with van der Waals surface area (Å²) in [6.45, 7) is 1.77. The number of phenols is 1. The molecule has 4 aromatic rings. The Kier molecular flexibility index (Phi) is 5.40. The number of nitrogens with zero attached hydrogens (tertiary/aromatic N) is 2. The highest BCUT2D eigenvalue weighted by molar-refractivity contribution is 6.05. The lowest BCUT2D eigenvalue weighted by atomic mass is 10.1. The normalized spacial score (nSPS) is 12.2. The van der Waals surface area contributed by atoms with Crippen molar-refractivity contribution in [2.45, 2.75) is 13.1 Å². The highest BCUT2D eigenvalue weighted by atomic mass is 19.4. The fraction of sp³-hybridized carbons (Fsp3) is 0.0870. The van der Waals surface area contributed by atoms with Crippen LogP contribution in [0.2, 0.25) is 0 Å². The van der Waals surface area contributed by atoms with E-state index in [1.165, 1.54) is 30.3 Å². The molecule has 0 aliphatic carbocycles. The molecule has 0 atom stereocenters. The molecule has 162 valence electrons. The number of benzene rings is 2. The number of amides is 1. The second-order valence-electron chi connectivity index (χ2n) is 6.97. The van der Waals surface area contributed by atoms with Gasteiger partial charge in [-0.05, 0) is 55.5 Å². The minimum atomic E-state index is -4.55. The van der Waals surface area contributed by atoms with Crippen LogP contribution < -0.4 is 10.9 Å². The molecule has 9 heteroatoms. The number of hydrogen-bond acceptors (Lipinski definition) is 5. The van der Waals surface area contributed by atoms with Gasteiger partial charge < -0.3 is 14.8 Å². The van der Waals surface area contributed by atoms with E-state index in [1.54, 1.807) is 31.2 Å². The monoisotopic (exact) mass is 439 g/mol. The van der Waals surface area contributed by atoms with Gasteiger partial charge in [-0.1, -0.05) is 12.1 Å². The van der Waals surface area contributed by atoms with Gasteiger partial charge in [-0.25, -0.2) is 9.98 Å². The van der Waals surface area contributed by atoms with Crippen molar-refractivity contribution in [1.82, 2.24) is 4.98 Å². The first-order valence-corrected chi connectivity index (χ1v) is 9.43. The van der Waals surface area contributed by atoms with Crippen molar-refractivity contribution in [2.75, 3.05) is 5.32 Å². The first-order chi connectivity index (χ1) is 15.2. The number of anilines is 1. The number of phenolic OH excluding ortho intramolecular Hbond substituents is 1. The zero-order valence-corrected chi connectivity index (χ0v) is 16.6. The number of aryl methyl sites for hydroxylation is 1. The lowest BCUT2D eigenvalue weighted by molar-refractivity contribution is -0.137. The van der Waals surface area contributed by atoms with Crippen LogP contribution in [0.4, 0.5) is 24.7 Å². The van der Waals surface area contributed by atoms with E-state index in [4.69, 9.17) is 4.42 Å². The molecule has 0 saturated heterocycles. The number of aromatic nitrogens is 1. The molecule has 32 heavy (non-hydrogen) atoms. The number of alkyl halides is 3. The van der Waals surface area contributed by atoms with Gasteiger partial charge in [0.2, 0.25) is 5.55 Å². The Morgan fingerprint density at radius 1 is 1.06 bits per heavy atom. The van der Waals surface area contributed by atoms with Gasteiger partial charge in [0.15, 0.2) is 0 Å². The maximum absolute atomic E-state index is 13.1. The van der Waals surface area contributed by atoms with Crippen LogP contribution in [0.3, 0.4) is 0 Å². The summed E-state index contributed by atoms with van der Waals surface area (Å²) in [5, 5.41) is 12.9. The first-order valence-electron chi connectivity index (χ1n) is 9.43. The minimum Gasteiger partial charge on any atom is -0.508 e. The summed E-state index contributed by atoms with van der Waals surface area (Å²) in [5.74, 6) is -0.384. The molecular weight excluding hydrogens is 423 g/mol. The summed E-state index contributed by atoms with van der Waals surface area (Å²) in [6.07, 6.45) is -4.55. The van der Waals surface area contributed by atoms with E-state index in [0.29, 0.717) is 16.9 Å². The van der Waals surface area contributed by atoms with E-state index in [-0.39, 0.29) is 28.1 Å². The molecule has 0 aliphatic rings. The number of rotatable bonds is 3. The van der Waals surface area contributed by atoms with Crippen molar-refractivity contribution in [1.29, 1.82) is 0 Å². The van der Waals surface area contributed by atoms with Gasteiger partial charge in [0.05, 0.1) is 11.3 Å². The summed E-state index contributed by atoms with van der Waals surface area (Å²) >= 11 is 0. The molecular formula is C23H16F3N3O3. The van der Waals surface area contributed by atoms with E-state index in [1.807, 2.05) is 0 Å². The topological polar surface area (TPSA) is 87.7 Å². The molecule has 0 radical (unpaired) electrons. The van der Waals surface area contributed by atoms with Gasteiger partial charge >= 0.3 is 6.18 Å². The van der Waals surface area contributed by atoms with Gasteiger partial charge in [-0.2, -0.15) is 13.2 Å². The minimum absolute atomic E-state index is 0.0103. The average Bonchev–Trinajstić information content (AvgIpc) is 2.73. The highest BCUT2D eigenvalue weighted by Gasteiger charge is 2.30. The second-order valence-corrected chi connectivity index (χ2v) is 6.97. The summed E-state index contributed by atoms with van der Waals surface area (Å²) in [7, 11) is 0. The fourth-order valence-corrected chi connectivity index (χ4v) is 3.02. The Morgan fingerprint density at radius 3 is 2.59 bits per heavy atom. The van der Waals surface area contributed by atoms with Crippen molar-refractivity contribution in [3.05, 3.63) is 89.1 Å². The van der Waals surface area contributed by atoms with Crippen molar-refractivity contribution in [3.8, 4) is 5.75 Å². The van der Waals surface area contributed by atoms with Gasteiger partial charge in [0.1, 0.15) is 22.7 Å². The number of hydrogen-bond donors (Lipinski definition) is 2. The lowest BCUT2D eigenvalue weighted by Crippen LogP contribution is -2.22. The van der Waals surface area contributed by atoms with E-state index >= 15 is 0 Å². The number of nitrogens with one attached hydrogen (secondary N) is 1. The summed E-state index contributed by atoms with van der Waals surface area (Å²) in [4.78, 5) is 21.3. The van der Waals surface area contributed by atoms with Crippen LogP contribution in [-0.2, 0) is 6.18 Å². The van der Waals surface area contributed by atoms with Crippen molar-refractivity contribution < 1.29 is 27.5 Å².